The Labute approximate surface area is 153 Å². The molecule has 0 radical (unpaired) electrons. The lowest BCUT2D eigenvalue weighted by Crippen LogP contribution is -2.48. The van der Waals surface area contributed by atoms with E-state index < -0.39 is 0 Å². The number of hydrogen-bond donors (Lipinski definition) is 0. The third-order valence-electron chi connectivity index (χ3n) is 4.42. The third kappa shape index (κ3) is 4.10. The van der Waals surface area contributed by atoms with Crippen molar-refractivity contribution in [2.45, 2.75) is 11.8 Å². The van der Waals surface area contributed by atoms with Crippen molar-refractivity contribution < 1.29 is 9.53 Å². The first-order valence-corrected chi connectivity index (χ1v) is 9.61. The molecule has 3 rings (SSSR count). The Bertz CT molecular complexity index is 710. The summed E-state index contributed by atoms with van der Waals surface area (Å²) in [6.07, 6.45) is 0. The van der Waals surface area contributed by atoms with Crippen molar-refractivity contribution in [3.63, 3.8) is 0 Å². The van der Waals surface area contributed by atoms with Crippen molar-refractivity contribution in [1.82, 2.24) is 4.90 Å². The number of hydrogen-bond acceptors (Lipinski definition) is 4. The smallest absolute Gasteiger partial charge is 0.255 e. The molecule has 0 bridgehead atoms. The zero-order valence-corrected chi connectivity index (χ0v) is 15.6. The summed E-state index contributed by atoms with van der Waals surface area (Å²) >= 11 is 1.73. The average molecular weight is 356 g/mol. The SMILES string of the molecule is CCSc1ccccc1C(=O)N1CCN(c2ccc(OC)cc2)CC1. The van der Waals surface area contributed by atoms with Gasteiger partial charge in [0.1, 0.15) is 5.75 Å². The fraction of sp³-hybridized carbons (Fsp3) is 0.350. The summed E-state index contributed by atoms with van der Waals surface area (Å²) in [7, 11) is 1.67. The highest BCUT2D eigenvalue weighted by Crippen LogP contribution is 2.25. The maximum atomic E-state index is 12.9. The zero-order chi connectivity index (χ0) is 17.6. The van der Waals surface area contributed by atoms with Gasteiger partial charge in [-0.3, -0.25) is 4.79 Å². The molecule has 0 unspecified atom stereocenters. The molecule has 0 atom stereocenters. The summed E-state index contributed by atoms with van der Waals surface area (Å²) in [6.45, 7) is 5.30. The van der Waals surface area contributed by atoms with E-state index >= 15 is 0 Å². The molecule has 1 aliphatic rings. The minimum absolute atomic E-state index is 0.144. The summed E-state index contributed by atoms with van der Waals surface area (Å²) in [5.74, 6) is 1.98. The number of rotatable bonds is 5. The monoisotopic (exact) mass is 356 g/mol. The first-order chi connectivity index (χ1) is 12.2. The van der Waals surface area contributed by atoms with Gasteiger partial charge in [-0.1, -0.05) is 19.1 Å². The lowest BCUT2D eigenvalue weighted by molar-refractivity contribution is 0.0743. The Morgan fingerprint density at radius 1 is 1.04 bits per heavy atom. The van der Waals surface area contributed by atoms with Crippen LogP contribution in [0.4, 0.5) is 5.69 Å². The Kier molecular flexibility index (Phi) is 5.87. The molecule has 1 fully saturated rings. The number of piperazine rings is 1. The number of methoxy groups -OCH3 is 1. The van der Waals surface area contributed by atoms with Gasteiger partial charge in [0.05, 0.1) is 12.7 Å². The highest BCUT2D eigenvalue weighted by atomic mass is 32.2. The quantitative estimate of drug-likeness (QED) is 0.764. The number of anilines is 1. The third-order valence-corrected chi connectivity index (χ3v) is 5.38. The van der Waals surface area contributed by atoms with Crippen LogP contribution in [0.15, 0.2) is 53.4 Å². The molecule has 5 heteroatoms. The second-order valence-corrected chi connectivity index (χ2v) is 7.21. The van der Waals surface area contributed by atoms with Crippen molar-refractivity contribution in [3.8, 4) is 5.75 Å². The molecule has 2 aromatic rings. The van der Waals surface area contributed by atoms with Crippen LogP contribution < -0.4 is 9.64 Å². The Morgan fingerprint density at radius 3 is 2.36 bits per heavy atom. The van der Waals surface area contributed by atoms with Crippen LogP contribution in [0.3, 0.4) is 0 Å². The van der Waals surface area contributed by atoms with Crippen LogP contribution in [0.1, 0.15) is 17.3 Å². The summed E-state index contributed by atoms with van der Waals surface area (Å²) in [5, 5.41) is 0. The van der Waals surface area contributed by atoms with Crippen LogP contribution in [-0.2, 0) is 0 Å². The molecule has 1 heterocycles. The fourth-order valence-electron chi connectivity index (χ4n) is 3.06. The largest absolute Gasteiger partial charge is 0.497 e. The van der Waals surface area contributed by atoms with Gasteiger partial charge in [0.2, 0.25) is 0 Å². The van der Waals surface area contributed by atoms with E-state index in [0.717, 1.165) is 48.1 Å². The van der Waals surface area contributed by atoms with E-state index in [9.17, 15) is 4.79 Å². The molecular formula is C20H24N2O2S. The number of ether oxygens (including phenoxy) is 1. The van der Waals surface area contributed by atoms with Gasteiger partial charge in [0.15, 0.2) is 0 Å². The maximum absolute atomic E-state index is 12.9. The molecule has 132 valence electrons. The van der Waals surface area contributed by atoms with E-state index in [4.69, 9.17) is 4.74 Å². The normalized spacial score (nSPS) is 14.5. The molecule has 0 spiro atoms. The van der Waals surface area contributed by atoms with E-state index in [-0.39, 0.29) is 5.91 Å². The highest BCUT2D eigenvalue weighted by Gasteiger charge is 2.23. The first kappa shape index (κ1) is 17.7. The van der Waals surface area contributed by atoms with Gasteiger partial charge in [-0.2, -0.15) is 0 Å². The minimum atomic E-state index is 0.144. The van der Waals surface area contributed by atoms with Gasteiger partial charge in [0.25, 0.3) is 5.91 Å². The van der Waals surface area contributed by atoms with Crippen LogP contribution in [-0.4, -0.2) is 49.8 Å². The second kappa shape index (κ2) is 8.30. The van der Waals surface area contributed by atoms with Crippen molar-refractivity contribution in [3.05, 3.63) is 54.1 Å². The molecule has 4 nitrogen and oxygen atoms in total. The van der Waals surface area contributed by atoms with Crippen molar-refractivity contribution in [2.24, 2.45) is 0 Å². The Hall–Kier alpha value is -2.14. The van der Waals surface area contributed by atoms with Gasteiger partial charge in [0, 0.05) is 36.8 Å². The van der Waals surface area contributed by atoms with Crippen LogP contribution in [0.5, 0.6) is 5.75 Å². The molecule has 2 aromatic carbocycles. The van der Waals surface area contributed by atoms with Gasteiger partial charge >= 0.3 is 0 Å². The number of nitrogens with zero attached hydrogens (tertiary/aromatic N) is 2. The van der Waals surface area contributed by atoms with E-state index in [1.165, 1.54) is 5.69 Å². The summed E-state index contributed by atoms with van der Waals surface area (Å²) < 4.78 is 5.21. The molecule has 25 heavy (non-hydrogen) atoms. The van der Waals surface area contributed by atoms with E-state index in [1.54, 1.807) is 18.9 Å². The zero-order valence-electron chi connectivity index (χ0n) is 14.8. The van der Waals surface area contributed by atoms with E-state index in [1.807, 2.05) is 41.3 Å². The summed E-state index contributed by atoms with van der Waals surface area (Å²) in [4.78, 5) is 18.3. The van der Waals surface area contributed by atoms with Crippen molar-refractivity contribution in [2.75, 3.05) is 43.9 Å². The standard InChI is InChI=1S/C20H24N2O2S/c1-3-25-19-7-5-4-6-18(19)20(23)22-14-12-21(13-15-22)16-8-10-17(24-2)11-9-16/h4-11H,3,12-15H2,1-2H3. The van der Waals surface area contributed by atoms with Gasteiger partial charge < -0.3 is 14.5 Å². The maximum Gasteiger partial charge on any atom is 0.255 e. The molecule has 0 saturated carbocycles. The van der Waals surface area contributed by atoms with Crippen molar-refractivity contribution >= 4 is 23.4 Å². The van der Waals surface area contributed by atoms with Crippen LogP contribution >= 0.6 is 11.8 Å². The molecule has 1 saturated heterocycles. The van der Waals surface area contributed by atoms with Gasteiger partial charge in [-0.25, -0.2) is 0 Å². The predicted octanol–water partition coefficient (Wildman–Crippen LogP) is 3.77. The van der Waals surface area contributed by atoms with E-state index in [2.05, 4.69) is 24.0 Å². The molecule has 1 aliphatic heterocycles. The Morgan fingerprint density at radius 2 is 1.72 bits per heavy atom. The number of carbonyl (C=O) groups excluding carboxylic acids is 1. The molecule has 0 N–H and O–H groups in total. The van der Waals surface area contributed by atoms with Crippen LogP contribution in [0, 0.1) is 0 Å². The number of carbonyl (C=O) groups is 1. The van der Waals surface area contributed by atoms with Gasteiger partial charge in [-0.05, 0) is 42.2 Å². The average Bonchev–Trinajstić information content (AvgIpc) is 2.68. The van der Waals surface area contributed by atoms with Crippen LogP contribution in [0.2, 0.25) is 0 Å². The number of benzene rings is 2. The Balaban J connectivity index is 1.64. The van der Waals surface area contributed by atoms with Gasteiger partial charge in [-0.15, -0.1) is 11.8 Å². The molecule has 0 aliphatic carbocycles. The first-order valence-electron chi connectivity index (χ1n) is 8.63. The molecular weight excluding hydrogens is 332 g/mol. The second-order valence-electron chi connectivity index (χ2n) is 5.91. The van der Waals surface area contributed by atoms with Crippen molar-refractivity contribution in [1.29, 1.82) is 0 Å². The molecule has 0 aromatic heterocycles. The topological polar surface area (TPSA) is 32.8 Å². The lowest BCUT2D eigenvalue weighted by atomic mass is 10.1. The lowest BCUT2D eigenvalue weighted by Gasteiger charge is -2.36. The van der Waals surface area contributed by atoms with Crippen LogP contribution in [0.25, 0.3) is 0 Å². The molecule has 1 amide bonds. The summed E-state index contributed by atoms with van der Waals surface area (Å²) in [6, 6.07) is 16.0. The van der Waals surface area contributed by atoms with E-state index in [0.29, 0.717) is 0 Å². The minimum Gasteiger partial charge on any atom is -0.497 e. The predicted molar refractivity (Wildman–Crippen MR) is 104 cm³/mol. The summed E-state index contributed by atoms with van der Waals surface area (Å²) in [5.41, 5.74) is 2.00. The fourth-order valence-corrected chi connectivity index (χ4v) is 3.85. The highest BCUT2D eigenvalue weighted by molar-refractivity contribution is 7.99. The number of amides is 1. The number of thioether (sulfide) groups is 1.